The van der Waals surface area contributed by atoms with Gasteiger partial charge in [-0.3, -0.25) is 4.79 Å². The summed E-state index contributed by atoms with van der Waals surface area (Å²) in [4.78, 5) is 20.0. The van der Waals surface area contributed by atoms with Crippen molar-refractivity contribution in [2.75, 3.05) is 12.8 Å². The standard InChI is InChI=1S/C14H15ClN4O2/c1-8-12(13(20)17-2)11(19-14(16)18-8)7-21-10-5-3-9(15)4-6-10/h3-6H,7H2,1-2H3,(H,17,20)(H2,16,18,19). The summed E-state index contributed by atoms with van der Waals surface area (Å²) in [5.74, 6) is 0.453. The van der Waals surface area contributed by atoms with E-state index < -0.39 is 0 Å². The van der Waals surface area contributed by atoms with Crippen molar-refractivity contribution >= 4 is 23.5 Å². The van der Waals surface area contributed by atoms with Crippen LogP contribution in [-0.4, -0.2) is 22.9 Å². The molecule has 1 aromatic carbocycles. The van der Waals surface area contributed by atoms with Gasteiger partial charge in [-0.2, -0.15) is 0 Å². The van der Waals surface area contributed by atoms with Gasteiger partial charge in [0, 0.05) is 12.1 Å². The summed E-state index contributed by atoms with van der Waals surface area (Å²) < 4.78 is 5.61. The van der Waals surface area contributed by atoms with Crippen LogP contribution in [0.1, 0.15) is 21.7 Å². The molecule has 3 N–H and O–H groups in total. The number of carbonyl (C=O) groups is 1. The van der Waals surface area contributed by atoms with Crippen LogP contribution in [0.15, 0.2) is 24.3 Å². The van der Waals surface area contributed by atoms with Crippen LogP contribution in [0.25, 0.3) is 0 Å². The third-order valence-electron chi connectivity index (χ3n) is 2.83. The summed E-state index contributed by atoms with van der Waals surface area (Å²) in [6.45, 7) is 1.81. The van der Waals surface area contributed by atoms with Gasteiger partial charge in [0.2, 0.25) is 5.95 Å². The molecule has 0 spiro atoms. The van der Waals surface area contributed by atoms with Crippen molar-refractivity contribution in [3.8, 4) is 5.75 Å². The number of benzene rings is 1. The van der Waals surface area contributed by atoms with E-state index in [2.05, 4.69) is 15.3 Å². The van der Waals surface area contributed by atoms with Crippen LogP contribution in [-0.2, 0) is 6.61 Å². The van der Waals surface area contributed by atoms with Crippen LogP contribution in [0.5, 0.6) is 5.75 Å². The van der Waals surface area contributed by atoms with E-state index in [9.17, 15) is 4.79 Å². The zero-order valence-corrected chi connectivity index (χ0v) is 12.4. The molecule has 0 fully saturated rings. The Morgan fingerprint density at radius 2 is 2.00 bits per heavy atom. The highest BCUT2D eigenvalue weighted by molar-refractivity contribution is 6.30. The Morgan fingerprint density at radius 1 is 1.33 bits per heavy atom. The number of aryl methyl sites for hydroxylation is 1. The number of anilines is 1. The molecule has 0 atom stereocenters. The molecule has 7 heteroatoms. The summed E-state index contributed by atoms with van der Waals surface area (Å²) in [7, 11) is 1.54. The van der Waals surface area contributed by atoms with Gasteiger partial charge in [-0.05, 0) is 31.2 Å². The summed E-state index contributed by atoms with van der Waals surface area (Å²) in [6, 6.07) is 6.91. The maximum atomic E-state index is 11.9. The molecular formula is C14H15ClN4O2. The van der Waals surface area contributed by atoms with E-state index in [1.54, 1.807) is 38.2 Å². The lowest BCUT2D eigenvalue weighted by atomic mass is 10.1. The molecule has 0 saturated carbocycles. The fourth-order valence-corrected chi connectivity index (χ4v) is 1.99. The minimum Gasteiger partial charge on any atom is -0.487 e. The number of nitrogens with two attached hydrogens (primary N) is 1. The van der Waals surface area contributed by atoms with Gasteiger partial charge >= 0.3 is 0 Å². The predicted octanol–water partition coefficient (Wildman–Crippen LogP) is 1.96. The Kier molecular flexibility index (Phi) is 4.59. The number of aromatic nitrogens is 2. The molecule has 2 aromatic rings. The van der Waals surface area contributed by atoms with Crippen molar-refractivity contribution in [1.82, 2.24) is 15.3 Å². The quantitative estimate of drug-likeness (QED) is 0.901. The predicted molar refractivity (Wildman–Crippen MR) is 80.4 cm³/mol. The van der Waals surface area contributed by atoms with Gasteiger partial charge in [-0.1, -0.05) is 11.6 Å². The molecule has 21 heavy (non-hydrogen) atoms. The van der Waals surface area contributed by atoms with Crippen LogP contribution < -0.4 is 15.8 Å². The van der Waals surface area contributed by atoms with Crippen LogP contribution in [0.3, 0.4) is 0 Å². The highest BCUT2D eigenvalue weighted by Crippen LogP contribution is 2.18. The van der Waals surface area contributed by atoms with Gasteiger partial charge in [0.25, 0.3) is 5.91 Å². The van der Waals surface area contributed by atoms with Crippen LogP contribution in [0, 0.1) is 6.92 Å². The lowest BCUT2D eigenvalue weighted by molar-refractivity contribution is 0.0959. The maximum Gasteiger partial charge on any atom is 0.254 e. The molecule has 0 bridgehead atoms. The van der Waals surface area contributed by atoms with E-state index >= 15 is 0 Å². The second kappa shape index (κ2) is 6.41. The zero-order chi connectivity index (χ0) is 15.4. The largest absolute Gasteiger partial charge is 0.487 e. The van der Waals surface area contributed by atoms with Gasteiger partial charge in [0.1, 0.15) is 12.4 Å². The Labute approximate surface area is 127 Å². The number of nitrogens with zero attached hydrogens (tertiary/aromatic N) is 2. The van der Waals surface area contributed by atoms with Crippen molar-refractivity contribution in [2.24, 2.45) is 0 Å². The average molecular weight is 307 g/mol. The topological polar surface area (TPSA) is 90.1 Å². The molecule has 1 amide bonds. The summed E-state index contributed by atoms with van der Waals surface area (Å²) in [5, 5.41) is 3.18. The van der Waals surface area contributed by atoms with E-state index in [1.807, 2.05) is 0 Å². The van der Waals surface area contributed by atoms with Crippen molar-refractivity contribution in [2.45, 2.75) is 13.5 Å². The lowest BCUT2D eigenvalue weighted by Crippen LogP contribution is -2.23. The molecule has 0 saturated heterocycles. The molecule has 0 radical (unpaired) electrons. The molecular weight excluding hydrogens is 292 g/mol. The normalized spacial score (nSPS) is 10.2. The van der Waals surface area contributed by atoms with E-state index in [0.29, 0.717) is 27.7 Å². The second-order valence-electron chi connectivity index (χ2n) is 4.31. The molecule has 0 unspecified atom stereocenters. The molecule has 6 nitrogen and oxygen atoms in total. The van der Waals surface area contributed by atoms with Crippen LogP contribution in [0.4, 0.5) is 5.95 Å². The maximum absolute atomic E-state index is 11.9. The molecule has 1 heterocycles. The number of hydrogen-bond donors (Lipinski definition) is 2. The Morgan fingerprint density at radius 3 is 2.62 bits per heavy atom. The van der Waals surface area contributed by atoms with Crippen molar-refractivity contribution in [3.63, 3.8) is 0 Å². The van der Waals surface area contributed by atoms with Crippen molar-refractivity contribution in [1.29, 1.82) is 0 Å². The average Bonchev–Trinajstić information content (AvgIpc) is 2.45. The lowest BCUT2D eigenvalue weighted by Gasteiger charge is -2.12. The zero-order valence-electron chi connectivity index (χ0n) is 11.7. The molecule has 0 aliphatic heterocycles. The second-order valence-corrected chi connectivity index (χ2v) is 4.75. The summed E-state index contributed by atoms with van der Waals surface area (Å²) in [5.41, 5.74) is 6.96. The first kappa shape index (κ1) is 15.1. The Hall–Kier alpha value is -2.34. The SMILES string of the molecule is CNC(=O)c1c(C)nc(N)nc1COc1ccc(Cl)cc1. The fraction of sp³-hybridized carbons (Fsp3) is 0.214. The molecule has 0 aliphatic carbocycles. The third kappa shape index (κ3) is 3.61. The first-order valence-electron chi connectivity index (χ1n) is 6.24. The number of rotatable bonds is 4. The van der Waals surface area contributed by atoms with E-state index in [4.69, 9.17) is 22.1 Å². The minimum absolute atomic E-state index is 0.106. The smallest absolute Gasteiger partial charge is 0.254 e. The van der Waals surface area contributed by atoms with Gasteiger partial charge in [-0.25, -0.2) is 9.97 Å². The van der Waals surface area contributed by atoms with Gasteiger partial charge in [0.05, 0.1) is 17.0 Å². The highest BCUT2D eigenvalue weighted by atomic mass is 35.5. The molecule has 0 aliphatic rings. The van der Waals surface area contributed by atoms with Crippen molar-refractivity contribution < 1.29 is 9.53 Å². The Balaban J connectivity index is 2.26. The van der Waals surface area contributed by atoms with Gasteiger partial charge in [-0.15, -0.1) is 0 Å². The monoisotopic (exact) mass is 306 g/mol. The number of nitrogen functional groups attached to an aromatic ring is 1. The third-order valence-corrected chi connectivity index (χ3v) is 3.08. The highest BCUT2D eigenvalue weighted by Gasteiger charge is 2.17. The number of amides is 1. The summed E-state index contributed by atoms with van der Waals surface area (Å²) in [6.07, 6.45) is 0. The summed E-state index contributed by atoms with van der Waals surface area (Å²) >= 11 is 5.81. The molecule has 2 rings (SSSR count). The van der Waals surface area contributed by atoms with Crippen molar-refractivity contribution in [3.05, 3.63) is 46.2 Å². The number of ether oxygens (including phenoxy) is 1. The van der Waals surface area contributed by atoms with E-state index in [-0.39, 0.29) is 18.5 Å². The molecule has 110 valence electrons. The first-order chi connectivity index (χ1) is 10.0. The Bertz CT molecular complexity index is 659. The number of nitrogens with one attached hydrogen (secondary N) is 1. The molecule has 1 aromatic heterocycles. The van der Waals surface area contributed by atoms with E-state index in [0.717, 1.165) is 0 Å². The first-order valence-corrected chi connectivity index (χ1v) is 6.62. The van der Waals surface area contributed by atoms with Crippen LogP contribution in [0.2, 0.25) is 5.02 Å². The number of hydrogen-bond acceptors (Lipinski definition) is 5. The number of halogens is 1. The number of carbonyl (C=O) groups excluding carboxylic acids is 1. The van der Waals surface area contributed by atoms with Crippen LogP contribution >= 0.6 is 11.6 Å². The fourth-order valence-electron chi connectivity index (χ4n) is 1.86. The van der Waals surface area contributed by atoms with E-state index in [1.165, 1.54) is 0 Å². The minimum atomic E-state index is -0.276. The van der Waals surface area contributed by atoms with Gasteiger partial charge in [0.15, 0.2) is 0 Å². The van der Waals surface area contributed by atoms with Gasteiger partial charge < -0.3 is 15.8 Å².